The first-order valence-electron chi connectivity index (χ1n) is 7.32. The third-order valence-corrected chi connectivity index (χ3v) is 4.74. The van der Waals surface area contributed by atoms with Crippen molar-refractivity contribution in [2.24, 2.45) is 0 Å². The molecule has 4 heteroatoms. The summed E-state index contributed by atoms with van der Waals surface area (Å²) in [4.78, 5) is 13.8. The third kappa shape index (κ3) is 1.99. The van der Waals surface area contributed by atoms with Gasteiger partial charge in [-0.1, -0.05) is 13.0 Å². The topological polar surface area (TPSA) is 52.6 Å². The summed E-state index contributed by atoms with van der Waals surface area (Å²) < 4.78 is 0. The lowest BCUT2D eigenvalue weighted by Gasteiger charge is -2.20. The number of nitrogens with one attached hydrogen (secondary N) is 1. The van der Waals surface area contributed by atoms with Crippen LogP contribution in [0.2, 0.25) is 0 Å². The van der Waals surface area contributed by atoms with E-state index in [0.717, 1.165) is 24.9 Å². The Balaban J connectivity index is 1.88. The second kappa shape index (κ2) is 4.77. The van der Waals surface area contributed by atoms with Gasteiger partial charge >= 0.3 is 0 Å². The molecule has 0 aromatic heterocycles. The van der Waals surface area contributed by atoms with Crippen molar-refractivity contribution in [2.75, 3.05) is 13.6 Å². The molecular weight excluding hydrogens is 252 g/mol. The van der Waals surface area contributed by atoms with Crippen LogP contribution in [0.4, 0.5) is 0 Å². The summed E-state index contributed by atoms with van der Waals surface area (Å²) in [6.45, 7) is 5.09. The van der Waals surface area contributed by atoms with Crippen molar-refractivity contribution in [3.63, 3.8) is 0 Å². The van der Waals surface area contributed by atoms with Crippen molar-refractivity contribution in [3.8, 4) is 5.75 Å². The molecule has 4 nitrogen and oxygen atoms in total. The Labute approximate surface area is 119 Å². The van der Waals surface area contributed by atoms with Gasteiger partial charge in [0.05, 0.1) is 6.04 Å². The van der Waals surface area contributed by atoms with Crippen LogP contribution >= 0.6 is 0 Å². The van der Waals surface area contributed by atoms with Crippen LogP contribution in [-0.2, 0) is 4.79 Å². The van der Waals surface area contributed by atoms with Crippen molar-refractivity contribution in [3.05, 3.63) is 28.8 Å². The normalized spacial score (nSPS) is 29.1. The van der Waals surface area contributed by atoms with Crippen LogP contribution in [0.15, 0.2) is 12.1 Å². The van der Waals surface area contributed by atoms with E-state index < -0.39 is 0 Å². The predicted octanol–water partition coefficient (Wildman–Crippen LogP) is 2.07. The first-order chi connectivity index (χ1) is 9.49. The zero-order valence-corrected chi connectivity index (χ0v) is 12.3. The van der Waals surface area contributed by atoms with Crippen LogP contribution in [-0.4, -0.2) is 35.5 Å². The Kier molecular flexibility index (Phi) is 3.21. The lowest BCUT2D eigenvalue weighted by Crippen LogP contribution is -2.38. The number of hydrogen-bond donors (Lipinski definition) is 2. The number of nitrogens with zero attached hydrogens (tertiary/aromatic N) is 1. The molecule has 2 N–H and O–H groups in total. The predicted molar refractivity (Wildman–Crippen MR) is 77.8 cm³/mol. The van der Waals surface area contributed by atoms with Crippen LogP contribution in [0.25, 0.3) is 0 Å². The number of phenolic OH excluding ortho intramolecular Hbond substituents is 1. The number of carbonyl (C=O) groups excluding carboxylic acids is 1. The second-order valence-corrected chi connectivity index (χ2v) is 6.19. The molecule has 1 fully saturated rings. The lowest BCUT2D eigenvalue weighted by molar-refractivity contribution is -0.128. The minimum absolute atomic E-state index is 0.0837. The summed E-state index contributed by atoms with van der Waals surface area (Å²) in [6, 6.07) is 3.72. The highest BCUT2D eigenvalue weighted by atomic mass is 16.3. The van der Waals surface area contributed by atoms with Gasteiger partial charge in [-0.3, -0.25) is 10.1 Å². The van der Waals surface area contributed by atoms with E-state index >= 15 is 0 Å². The fourth-order valence-electron chi connectivity index (χ4n) is 3.71. The minimum atomic E-state index is -0.108. The van der Waals surface area contributed by atoms with Crippen LogP contribution in [0, 0.1) is 6.92 Å². The number of phenols is 1. The fourth-order valence-corrected chi connectivity index (χ4v) is 3.71. The van der Waals surface area contributed by atoms with Gasteiger partial charge in [0, 0.05) is 25.2 Å². The van der Waals surface area contributed by atoms with Crippen LogP contribution in [0.1, 0.15) is 48.4 Å². The third-order valence-electron chi connectivity index (χ3n) is 4.74. The Morgan fingerprint density at radius 3 is 2.70 bits per heavy atom. The average Bonchev–Trinajstić information content (AvgIpc) is 2.90. The molecule has 3 unspecified atom stereocenters. The summed E-state index contributed by atoms with van der Waals surface area (Å²) in [6.07, 6.45) is 1.80. The molecule has 1 heterocycles. The van der Waals surface area contributed by atoms with Gasteiger partial charge in [-0.25, -0.2) is 0 Å². The number of amides is 1. The smallest absolute Gasteiger partial charge is 0.239 e. The highest BCUT2D eigenvalue weighted by molar-refractivity contribution is 5.83. The van der Waals surface area contributed by atoms with E-state index in [4.69, 9.17) is 0 Å². The number of carbonyl (C=O) groups is 1. The number of fused-ring (bicyclic) bond motifs is 1. The number of hydrogen-bond acceptors (Lipinski definition) is 3. The SMILES string of the molecule is Cc1ccc(O)c2c1C(C)CC2NC1CCN(C)C1=O. The zero-order valence-electron chi connectivity index (χ0n) is 12.3. The summed E-state index contributed by atoms with van der Waals surface area (Å²) in [5.41, 5.74) is 3.48. The van der Waals surface area contributed by atoms with Crippen molar-refractivity contribution in [2.45, 2.75) is 44.7 Å². The van der Waals surface area contributed by atoms with Crippen LogP contribution in [0.5, 0.6) is 5.75 Å². The molecule has 1 aliphatic heterocycles. The molecule has 108 valence electrons. The molecule has 1 saturated heterocycles. The van der Waals surface area contributed by atoms with Crippen LogP contribution in [0.3, 0.4) is 0 Å². The Bertz CT molecular complexity index is 556. The molecule has 1 aliphatic carbocycles. The van der Waals surface area contributed by atoms with Gasteiger partial charge < -0.3 is 10.0 Å². The van der Waals surface area contributed by atoms with E-state index in [1.54, 1.807) is 11.0 Å². The molecule has 0 radical (unpaired) electrons. The van der Waals surface area contributed by atoms with Gasteiger partial charge in [0.2, 0.25) is 5.91 Å². The number of likely N-dealkylation sites (tertiary alicyclic amines) is 1. The minimum Gasteiger partial charge on any atom is -0.508 e. The molecule has 1 aromatic rings. The van der Waals surface area contributed by atoms with Crippen molar-refractivity contribution in [1.82, 2.24) is 10.2 Å². The monoisotopic (exact) mass is 274 g/mol. The van der Waals surface area contributed by atoms with E-state index in [9.17, 15) is 9.90 Å². The molecule has 2 aliphatic rings. The molecule has 3 atom stereocenters. The standard InChI is InChI=1S/C16H22N2O2/c1-9-4-5-13(19)15-12(8-10(2)14(9)15)17-11-6-7-18(3)16(11)20/h4-5,10-12,17,19H,6-8H2,1-3H3. The number of likely N-dealkylation sites (N-methyl/N-ethyl adjacent to an activating group) is 1. The average molecular weight is 274 g/mol. The summed E-state index contributed by atoms with van der Waals surface area (Å²) in [5.74, 6) is 0.938. The van der Waals surface area contributed by atoms with Gasteiger partial charge in [-0.05, 0) is 42.9 Å². The molecular formula is C16H22N2O2. The van der Waals surface area contributed by atoms with Gasteiger partial charge in [-0.15, -0.1) is 0 Å². The zero-order chi connectivity index (χ0) is 14.4. The highest BCUT2D eigenvalue weighted by Gasteiger charge is 2.37. The lowest BCUT2D eigenvalue weighted by atomic mass is 9.97. The maximum absolute atomic E-state index is 12.0. The molecule has 0 bridgehead atoms. The number of rotatable bonds is 2. The molecule has 1 aromatic carbocycles. The first-order valence-corrected chi connectivity index (χ1v) is 7.32. The number of aryl methyl sites for hydroxylation is 1. The largest absolute Gasteiger partial charge is 0.508 e. The van der Waals surface area contributed by atoms with Crippen molar-refractivity contribution in [1.29, 1.82) is 0 Å². The Morgan fingerprint density at radius 2 is 2.05 bits per heavy atom. The summed E-state index contributed by atoms with van der Waals surface area (Å²) in [7, 11) is 1.84. The maximum Gasteiger partial charge on any atom is 0.239 e. The van der Waals surface area contributed by atoms with Gasteiger partial charge in [0.25, 0.3) is 0 Å². The quantitative estimate of drug-likeness (QED) is 0.868. The van der Waals surface area contributed by atoms with Crippen molar-refractivity contribution >= 4 is 5.91 Å². The van der Waals surface area contributed by atoms with Gasteiger partial charge in [0.1, 0.15) is 5.75 Å². The van der Waals surface area contributed by atoms with Crippen molar-refractivity contribution < 1.29 is 9.90 Å². The Morgan fingerprint density at radius 1 is 1.30 bits per heavy atom. The second-order valence-electron chi connectivity index (χ2n) is 6.19. The maximum atomic E-state index is 12.0. The first kappa shape index (κ1) is 13.4. The van der Waals surface area contributed by atoms with E-state index in [0.29, 0.717) is 11.7 Å². The molecule has 0 spiro atoms. The van der Waals surface area contributed by atoms with Crippen LogP contribution < -0.4 is 5.32 Å². The van der Waals surface area contributed by atoms with E-state index in [1.165, 1.54) is 11.1 Å². The fraction of sp³-hybridized carbons (Fsp3) is 0.562. The summed E-state index contributed by atoms with van der Waals surface area (Å²) >= 11 is 0. The van der Waals surface area contributed by atoms with Gasteiger partial charge in [0.15, 0.2) is 0 Å². The van der Waals surface area contributed by atoms with E-state index in [1.807, 2.05) is 13.1 Å². The highest BCUT2D eigenvalue weighted by Crippen LogP contribution is 2.46. The molecule has 0 saturated carbocycles. The van der Waals surface area contributed by atoms with E-state index in [-0.39, 0.29) is 18.0 Å². The molecule has 20 heavy (non-hydrogen) atoms. The molecule has 3 rings (SSSR count). The Hall–Kier alpha value is -1.55. The number of aromatic hydroxyl groups is 1. The molecule has 1 amide bonds. The number of benzene rings is 1. The van der Waals surface area contributed by atoms with E-state index in [2.05, 4.69) is 19.2 Å². The summed E-state index contributed by atoms with van der Waals surface area (Å²) in [5, 5.41) is 13.7. The van der Waals surface area contributed by atoms with Gasteiger partial charge in [-0.2, -0.15) is 0 Å².